The van der Waals surface area contributed by atoms with Gasteiger partial charge in [-0.2, -0.15) is 8.78 Å². The molecule has 0 radical (unpaired) electrons. The number of benzene rings is 2. The van der Waals surface area contributed by atoms with E-state index in [1.165, 1.54) is 12.1 Å². The average Bonchev–Trinajstić information content (AvgIpc) is 2.89. The van der Waals surface area contributed by atoms with E-state index in [2.05, 4.69) is 13.5 Å². The van der Waals surface area contributed by atoms with E-state index in [-0.39, 0.29) is 42.5 Å². The molecule has 2 aliphatic rings. The van der Waals surface area contributed by atoms with E-state index in [0.717, 1.165) is 38.5 Å². The van der Waals surface area contributed by atoms with Crippen LogP contribution in [0.25, 0.3) is 0 Å². The van der Waals surface area contributed by atoms with Crippen LogP contribution in [0.15, 0.2) is 36.9 Å². The summed E-state index contributed by atoms with van der Waals surface area (Å²) in [6.45, 7) is 6.24. The first-order valence-corrected chi connectivity index (χ1v) is 13.2. The Bertz CT molecular complexity index is 1040. The molecule has 0 heterocycles. The van der Waals surface area contributed by atoms with Crippen LogP contribution in [-0.4, -0.2) is 13.2 Å². The Hall–Kier alpha value is -2.50. The van der Waals surface area contributed by atoms with Gasteiger partial charge in [-0.25, -0.2) is 8.78 Å². The number of rotatable bonds is 9. The van der Waals surface area contributed by atoms with Gasteiger partial charge in [-0.15, -0.1) is 6.58 Å². The molecule has 2 nitrogen and oxygen atoms in total. The monoisotopic (exact) mass is 504 g/mol. The van der Waals surface area contributed by atoms with Crippen molar-refractivity contribution >= 4 is 0 Å². The molecule has 0 saturated heterocycles. The molecule has 36 heavy (non-hydrogen) atoms. The van der Waals surface area contributed by atoms with Gasteiger partial charge in [0.25, 0.3) is 0 Å². The van der Waals surface area contributed by atoms with Crippen molar-refractivity contribution in [3.05, 3.63) is 71.3 Å². The van der Waals surface area contributed by atoms with Gasteiger partial charge in [-0.1, -0.05) is 38.0 Å². The highest BCUT2D eigenvalue weighted by Crippen LogP contribution is 2.41. The van der Waals surface area contributed by atoms with Crippen molar-refractivity contribution in [2.45, 2.75) is 76.5 Å². The lowest BCUT2D eigenvalue weighted by Gasteiger charge is -2.30. The normalized spacial score (nSPS) is 24.4. The zero-order valence-electron chi connectivity index (χ0n) is 21.0. The predicted octanol–water partition coefficient (Wildman–Crippen LogP) is 8.84. The van der Waals surface area contributed by atoms with Gasteiger partial charge in [-0.3, -0.25) is 0 Å². The summed E-state index contributed by atoms with van der Waals surface area (Å²) in [5.41, 5.74) is 0.983. The lowest BCUT2D eigenvalue weighted by molar-refractivity contribution is 0.190. The van der Waals surface area contributed by atoms with Gasteiger partial charge in [0.1, 0.15) is 0 Å². The molecule has 2 aromatic rings. The second-order valence-corrected chi connectivity index (χ2v) is 10.5. The minimum atomic E-state index is -1.07. The van der Waals surface area contributed by atoms with Crippen LogP contribution in [0.1, 0.15) is 87.7 Å². The molecule has 0 amide bonds. The molecule has 0 N–H and O–H groups in total. The summed E-state index contributed by atoms with van der Waals surface area (Å²) in [5.74, 6) is -2.94. The second-order valence-electron chi connectivity index (χ2n) is 10.5. The van der Waals surface area contributed by atoms with Crippen molar-refractivity contribution in [3.8, 4) is 11.5 Å². The molecule has 2 aliphatic carbocycles. The lowest BCUT2D eigenvalue weighted by atomic mass is 9.76. The van der Waals surface area contributed by atoms with Crippen LogP contribution >= 0.6 is 0 Å². The van der Waals surface area contributed by atoms with Crippen molar-refractivity contribution < 1.29 is 27.0 Å². The Kier molecular flexibility index (Phi) is 8.97. The minimum absolute atomic E-state index is 0.0441. The van der Waals surface area contributed by atoms with E-state index in [4.69, 9.17) is 9.47 Å². The summed E-state index contributed by atoms with van der Waals surface area (Å²) in [6.07, 6.45) is 9.03. The van der Waals surface area contributed by atoms with E-state index in [0.29, 0.717) is 36.3 Å². The highest BCUT2D eigenvalue weighted by molar-refractivity contribution is 5.35. The summed E-state index contributed by atoms with van der Waals surface area (Å²) in [7, 11) is 0. The van der Waals surface area contributed by atoms with Crippen molar-refractivity contribution in [1.29, 1.82) is 0 Å². The maximum absolute atomic E-state index is 15.1. The first-order chi connectivity index (χ1) is 17.4. The molecule has 6 heteroatoms. The topological polar surface area (TPSA) is 18.5 Å². The Morgan fingerprint density at radius 2 is 1.22 bits per heavy atom. The fourth-order valence-corrected chi connectivity index (χ4v) is 5.62. The third kappa shape index (κ3) is 6.07. The van der Waals surface area contributed by atoms with Gasteiger partial charge in [0.05, 0.1) is 13.2 Å². The first-order valence-electron chi connectivity index (χ1n) is 13.2. The largest absolute Gasteiger partial charge is 0.490 e. The number of hydrogen-bond acceptors (Lipinski definition) is 2. The standard InChI is InChI=1S/C30H36F4O2/c1-3-4-17-35-25-15-16-26(30(34)29(25)33)36-18-20-7-11-22(12-8-20)24-14-13-23(27(31)28(24)32)21-9-5-19(2)6-10-21/h3,13-16,19-22H,1,4-12,17-18H2,2H3. The molecule has 4 rings (SSSR count). The lowest BCUT2D eigenvalue weighted by Crippen LogP contribution is -2.21. The van der Waals surface area contributed by atoms with Crippen LogP contribution in [0.5, 0.6) is 11.5 Å². The first kappa shape index (κ1) is 26.6. The van der Waals surface area contributed by atoms with Crippen LogP contribution in [0.3, 0.4) is 0 Å². The maximum atomic E-state index is 15.1. The van der Waals surface area contributed by atoms with Crippen LogP contribution < -0.4 is 9.47 Å². The number of ether oxygens (including phenoxy) is 2. The van der Waals surface area contributed by atoms with Gasteiger partial charge in [0, 0.05) is 0 Å². The molecule has 2 saturated carbocycles. The smallest absolute Gasteiger partial charge is 0.204 e. The quantitative estimate of drug-likeness (QED) is 0.193. The van der Waals surface area contributed by atoms with E-state index in [1.54, 1.807) is 18.2 Å². The van der Waals surface area contributed by atoms with Crippen molar-refractivity contribution in [1.82, 2.24) is 0 Å². The molecule has 196 valence electrons. The van der Waals surface area contributed by atoms with Crippen LogP contribution in [0.4, 0.5) is 17.6 Å². The zero-order valence-corrected chi connectivity index (χ0v) is 21.0. The van der Waals surface area contributed by atoms with Crippen LogP contribution in [-0.2, 0) is 0 Å². The third-order valence-corrected chi connectivity index (χ3v) is 7.95. The third-order valence-electron chi connectivity index (χ3n) is 7.95. The molecule has 0 aliphatic heterocycles. The van der Waals surface area contributed by atoms with E-state index >= 15 is 4.39 Å². The minimum Gasteiger partial charge on any atom is -0.490 e. The van der Waals surface area contributed by atoms with Crippen molar-refractivity contribution in [2.24, 2.45) is 11.8 Å². The van der Waals surface area contributed by atoms with Gasteiger partial charge in [-0.05, 0) is 91.9 Å². The molecule has 2 aromatic carbocycles. The summed E-state index contributed by atoms with van der Waals surface area (Å²) < 4.78 is 69.5. The zero-order chi connectivity index (χ0) is 25.7. The molecule has 0 aromatic heterocycles. The van der Waals surface area contributed by atoms with Gasteiger partial charge >= 0.3 is 0 Å². The molecule has 0 atom stereocenters. The second kappa shape index (κ2) is 12.2. The molecule has 0 bridgehead atoms. The summed E-state index contributed by atoms with van der Waals surface area (Å²) in [4.78, 5) is 0. The Balaban J connectivity index is 1.31. The Morgan fingerprint density at radius 3 is 1.75 bits per heavy atom. The predicted molar refractivity (Wildman–Crippen MR) is 134 cm³/mol. The SMILES string of the molecule is C=CCCOc1ccc(OCC2CCC(c3ccc(C4CCC(C)CC4)c(F)c3F)CC2)c(F)c1F. The van der Waals surface area contributed by atoms with Gasteiger partial charge < -0.3 is 9.47 Å². The van der Waals surface area contributed by atoms with Crippen molar-refractivity contribution in [2.75, 3.05) is 13.2 Å². The fraction of sp³-hybridized carbons (Fsp3) is 0.533. The van der Waals surface area contributed by atoms with Crippen LogP contribution in [0.2, 0.25) is 0 Å². The fourth-order valence-electron chi connectivity index (χ4n) is 5.62. The molecular formula is C30H36F4O2. The molecule has 2 fully saturated rings. The summed E-state index contributed by atoms with van der Waals surface area (Å²) >= 11 is 0. The summed E-state index contributed by atoms with van der Waals surface area (Å²) in [5, 5.41) is 0. The van der Waals surface area contributed by atoms with E-state index in [9.17, 15) is 13.2 Å². The van der Waals surface area contributed by atoms with E-state index < -0.39 is 23.3 Å². The van der Waals surface area contributed by atoms with Crippen molar-refractivity contribution in [3.63, 3.8) is 0 Å². The molecular weight excluding hydrogens is 468 g/mol. The van der Waals surface area contributed by atoms with E-state index in [1.807, 2.05) is 0 Å². The summed E-state index contributed by atoms with van der Waals surface area (Å²) in [6, 6.07) is 6.32. The Labute approximate surface area is 211 Å². The highest BCUT2D eigenvalue weighted by atomic mass is 19.2. The van der Waals surface area contributed by atoms with Gasteiger partial charge in [0.2, 0.25) is 11.6 Å². The van der Waals surface area contributed by atoms with Gasteiger partial charge in [0.15, 0.2) is 23.1 Å². The average molecular weight is 505 g/mol. The van der Waals surface area contributed by atoms with Crippen LogP contribution in [0, 0.1) is 35.1 Å². The molecule has 0 unspecified atom stereocenters. The maximum Gasteiger partial charge on any atom is 0.204 e. The highest BCUT2D eigenvalue weighted by Gasteiger charge is 2.29. The Morgan fingerprint density at radius 1 is 0.722 bits per heavy atom. The number of hydrogen-bond donors (Lipinski definition) is 0. The number of halogens is 4. The molecule has 0 spiro atoms.